The second-order valence-corrected chi connectivity index (χ2v) is 5.45. The van der Waals surface area contributed by atoms with Crippen LogP contribution in [0.15, 0.2) is 48.5 Å². The molecule has 2 aromatic carbocycles. The van der Waals surface area contributed by atoms with E-state index in [-0.39, 0.29) is 0 Å². The molecule has 1 aliphatic rings. The lowest BCUT2D eigenvalue weighted by Gasteiger charge is -2.14. The van der Waals surface area contributed by atoms with Crippen LogP contribution in [0.3, 0.4) is 0 Å². The second kappa shape index (κ2) is 6.21. The minimum absolute atomic E-state index is 0.362. The van der Waals surface area contributed by atoms with Gasteiger partial charge in [0.05, 0.1) is 12.7 Å². The lowest BCUT2D eigenvalue weighted by molar-refractivity contribution is 0.0545. The maximum Gasteiger partial charge on any atom is 0.0727 e. The average Bonchev–Trinajstić information content (AvgIpc) is 3.00. The predicted molar refractivity (Wildman–Crippen MR) is 82.7 cm³/mol. The highest BCUT2D eigenvalue weighted by Crippen LogP contribution is 2.25. The van der Waals surface area contributed by atoms with E-state index in [1.54, 1.807) is 0 Å². The zero-order valence-electron chi connectivity index (χ0n) is 11.9. The van der Waals surface area contributed by atoms with Gasteiger partial charge >= 0.3 is 0 Å². The molecule has 0 saturated carbocycles. The van der Waals surface area contributed by atoms with Crippen LogP contribution in [0.1, 0.15) is 17.5 Å². The lowest BCUT2D eigenvalue weighted by atomic mass is 9.99. The number of rotatable bonds is 4. The van der Waals surface area contributed by atoms with Crippen LogP contribution < -0.4 is 5.32 Å². The maximum atomic E-state index is 6.01. The van der Waals surface area contributed by atoms with Gasteiger partial charge in [-0.05, 0) is 36.6 Å². The number of ether oxygens (including phenoxy) is 1. The number of aryl methyl sites for hydroxylation is 1. The van der Waals surface area contributed by atoms with Gasteiger partial charge in [0.25, 0.3) is 0 Å². The summed E-state index contributed by atoms with van der Waals surface area (Å²) in [7, 11) is 0. The Hall–Kier alpha value is -1.64. The third kappa shape index (κ3) is 3.09. The van der Waals surface area contributed by atoms with Crippen molar-refractivity contribution < 1.29 is 4.74 Å². The second-order valence-electron chi connectivity index (χ2n) is 5.45. The fourth-order valence-corrected chi connectivity index (χ4v) is 2.64. The summed E-state index contributed by atoms with van der Waals surface area (Å²) >= 11 is 0. The van der Waals surface area contributed by atoms with Crippen molar-refractivity contribution in [2.24, 2.45) is 0 Å². The number of hydrogen-bond acceptors (Lipinski definition) is 2. The molecular weight excluding hydrogens is 246 g/mol. The molecule has 0 aromatic heterocycles. The molecule has 1 fully saturated rings. The molecule has 1 N–H and O–H groups in total. The summed E-state index contributed by atoms with van der Waals surface area (Å²) in [5, 5.41) is 3.34. The summed E-state index contributed by atoms with van der Waals surface area (Å²) < 4.78 is 6.01. The molecule has 0 bridgehead atoms. The number of benzene rings is 2. The molecule has 2 aromatic rings. The Kier molecular flexibility index (Phi) is 4.14. The summed E-state index contributed by atoms with van der Waals surface area (Å²) in [5.74, 6) is 0. The van der Waals surface area contributed by atoms with E-state index in [1.165, 1.54) is 22.3 Å². The fraction of sp³-hybridized carbons (Fsp3) is 0.333. The van der Waals surface area contributed by atoms with Gasteiger partial charge < -0.3 is 10.1 Å². The third-order valence-electron chi connectivity index (χ3n) is 3.87. The van der Waals surface area contributed by atoms with Crippen LogP contribution in [0.2, 0.25) is 0 Å². The normalized spacial score (nSPS) is 18.4. The van der Waals surface area contributed by atoms with Gasteiger partial charge in [-0.1, -0.05) is 54.1 Å². The molecule has 20 heavy (non-hydrogen) atoms. The van der Waals surface area contributed by atoms with Crippen LogP contribution in [0.5, 0.6) is 0 Å². The number of hydrogen-bond donors (Lipinski definition) is 1. The van der Waals surface area contributed by atoms with E-state index in [0.717, 1.165) is 19.5 Å². The van der Waals surface area contributed by atoms with Crippen LogP contribution in [0.4, 0.5) is 0 Å². The fourth-order valence-electron chi connectivity index (χ4n) is 2.64. The first-order valence-corrected chi connectivity index (χ1v) is 7.30. The zero-order chi connectivity index (χ0) is 13.8. The van der Waals surface area contributed by atoms with Gasteiger partial charge in [0, 0.05) is 6.54 Å². The minimum Gasteiger partial charge on any atom is -0.372 e. The van der Waals surface area contributed by atoms with E-state index in [0.29, 0.717) is 12.7 Å². The van der Waals surface area contributed by atoms with Crippen LogP contribution in [-0.2, 0) is 11.3 Å². The molecule has 2 nitrogen and oxygen atoms in total. The zero-order valence-corrected chi connectivity index (χ0v) is 11.9. The summed E-state index contributed by atoms with van der Waals surface area (Å²) in [6.07, 6.45) is 1.48. The van der Waals surface area contributed by atoms with E-state index in [9.17, 15) is 0 Å². The molecule has 1 aliphatic heterocycles. The van der Waals surface area contributed by atoms with Crippen molar-refractivity contribution in [2.75, 3.05) is 13.1 Å². The first-order valence-electron chi connectivity index (χ1n) is 7.30. The number of nitrogens with one attached hydrogen (secondary N) is 1. The van der Waals surface area contributed by atoms with E-state index in [1.807, 2.05) is 0 Å². The summed E-state index contributed by atoms with van der Waals surface area (Å²) in [6, 6.07) is 17.2. The van der Waals surface area contributed by atoms with Crippen molar-refractivity contribution in [1.82, 2.24) is 5.32 Å². The van der Waals surface area contributed by atoms with E-state index >= 15 is 0 Å². The van der Waals surface area contributed by atoms with Crippen molar-refractivity contribution >= 4 is 0 Å². The summed E-state index contributed by atoms with van der Waals surface area (Å²) in [5.41, 5.74) is 5.10. The standard InChI is InChI=1S/C18H21NO/c1-14-6-8-15(9-7-14)18-5-3-2-4-16(18)13-20-17-10-11-19-12-17/h2-9,17,19H,10-13H2,1H3/t17-/m0/s1. The van der Waals surface area contributed by atoms with Crippen LogP contribution in [0, 0.1) is 6.92 Å². The monoisotopic (exact) mass is 267 g/mol. The van der Waals surface area contributed by atoms with Gasteiger partial charge in [-0.25, -0.2) is 0 Å². The average molecular weight is 267 g/mol. The first kappa shape index (κ1) is 13.3. The topological polar surface area (TPSA) is 21.3 Å². The van der Waals surface area contributed by atoms with Gasteiger partial charge in [0.15, 0.2) is 0 Å². The Morgan fingerprint density at radius 3 is 2.65 bits per heavy atom. The van der Waals surface area contributed by atoms with E-state index in [4.69, 9.17) is 4.74 Å². The SMILES string of the molecule is Cc1ccc(-c2ccccc2CO[C@H]2CCNC2)cc1. The van der Waals surface area contributed by atoms with Crippen molar-refractivity contribution in [1.29, 1.82) is 0 Å². The van der Waals surface area contributed by atoms with Gasteiger partial charge in [0.2, 0.25) is 0 Å². The predicted octanol–water partition coefficient (Wildman–Crippen LogP) is 3.54. The molecule has 0 unspecified atom stereocenters. The largest absolute Gasteiger partial charge is 0.372 e. The van der Waals surface area contributed by atoms with Crippen LogP contribution in [0.25, 0.3) is 11.1 Å². The van der Waals surface area contributed by atoms with Crippen LogP contribution >= 0.6 is 0 Å². The van der Waals surface area contributed by atoms with Gasteiger partial charge in [0.1, 0.15) is 0 Å². The Morgan fingerprint density at radius 2 is 1.90 bits per heavy atom. The molecule has 0 amide bonds. The smallest absolute Gasteiger partial charge is 0.0727 e. The Morgan fingerprint density at radius 1 is 1.10 bits per heavy atom. The summed E-state index contributed by atoms with van der Waals surface area (Å²) in [4.78, 5) is 0. The van der Waals surface area contributed by atoms with Crippen molar-refractivity contribution in [2.45, 2.75) is 26.1 Å². The Labute approximate surface area is 120 Å². The highest BCUT2D eigenvalue weighted by molar-refractivity contribution is 5.67. The molecule has 0 aliphatic carbocycles. The van der Waals surface area contributed by atoms with Crippen molar-refractivity contribution in [3.63, 3.8) is 0 Å². The Balaban J connectivity index is 1.78. The molecule has 1 saturated heterocycles. The summed E-state index contributed by atoms with van der Waals surface area (Å²) in [6.45, 7) is 4.86. The first-order chi connectivity index (χ1) is 9.83. The molecule has 104 valence electrons. The van der Waals surface area contributed by atoms with E-state index < -0.39 is 0 Å². The molecule has 1 atom stereocenters. The molecular formula is C18H21NO. The van der Waals surface area contributed by atoms with Crippen LogP contribution in [-0.4, -0.2) is 19.2 Å². The van der Waals surface area contributed by atoms with Crippen molar-refractivity contribution in [3.8, 4) is 11.1 Å². The molecule has 0 radical (unpaired) electrons. The quantitative estimate of drug-likeness (QED) is 0.915. The highest BCUT2D eigenvalue weighted by atomic mass is 16.5. The lowest BCUT2D eigenvalue weighted by Crippen LogP contribution is -2.16. The van der Waals surface area contributed by atoms with Crippen molar-refractivity contribution in [3.05, 3.63) is 59.7 Å². The molecule has 3 rings (SSSR count). The van der Waals surface area contributed by atoms with Gasteiger partial charge in [-0.3, -0.25) is 0 Å². The molecule has 0 spiro atoms. The highest BCUT2D eigenvalue weighted by Gasteiger charge is 2.15. The van der Waals surface area contributed by atoms with E-state index in [2.05, 4.69) is 60.8 Å². The maximum absolute atomic E-state index is 6.01. The third-order valence-corrected chi connectivity index (χ3v) is 3.87. The van der Waals surface area contributed by atoms with Gasteiger partial charge in [-0.2, -0.15) is 0 Å². The Bertz CT molecular complexity index is 556. The molecule has 2 heteroatoms. The van der Waals surface area contributed by atoms with Gasteiger partial charge in [-0.15, -0.1) is 0 Å². The minimum atomic E-state index is 0.362. The molecule has 1 heterocycles.